The lowest BCUT2D eigenvalue weighted by Crippen LogP contribution is -2.28. The van der Waals surface area contributed by atoms with E-state index in [1.54, 1.807) is 0 Å². The van der Waals surface area contributed by atoms with Gasteiger partial charge < -0.3 is 9.47 Å². The molecule has 0 aliphatic heterocycles. The number of esters is 2. The summed E-state index contributed by atoms with van der Waals surface area (Å²) < 4.78 is 12.0. The van der Waals surface area contributed by atoms with E-state index in [9.17, 15) is 9.59 Å². The fraction of sp³-hybridized carbons (Fsp3) is 0.941. The predicted molar refractivity (Wildman–Crippen MR) is 158 cm³/mol. The Morgan fingerprint density at radius 2 is 0.895 bits per heavy atom. The molecule has 2 aliphatic carbocycles. The van der Waals surface area contributed by atoms with Crippen molar-refractivity contribution in [2.24, 2.45) is 11.8 Å². The second kappa shape index (κ2) is 21.7. The Labute approximate surface area is 235 Å². The molecule has 2 fully saturated rings. The maximum atomic E-state index is 12.6. The summed E-state index contributed by atoms with van der Waals surface area (Å²) >= 11 is 0. The minimum atomic E-state index is 0.0197. The van der Waals surface area contributed by atoms with E-state index in [4.69, 9.17) is 9.47 Å². The highest BCUT2D eigenvalue weighted by atomic mass is 16.5. The minimum absolute atomic E-state index is 0.0197. The van der Waals surface area contributed by atoms with Crippen molar-refractivity contribution in [1.29, 1.82) is 0 Å². The van der Waals surface area contributed by atoms with Crippen LogP contribution in [0.4, 0.5) is 0 Å². The lowest BCUT2D eigenvalue weighted by atomic mass is 9.83. The van der Waals surface area contributed by atoms with Crippen LogP contribution in [0.2, 0.25) is 0 Å². The molecule has 2 aliphatic rings. The number of rotatable bonds is 21. The molecule has 2 atom stereocenters. The van der Waals surface area contributed by atoms with Gasteiger partial charge in [0.15, 0.2) is 0 Å². The second-order valence-electron chi connectivity index (χ2n) is 12.5. The maximum absolute atomic E-state index is 12.6. The van der Waals surface area contributed by atoms with Crippen molar-refractivity contribution >= 4 is 11.9 Å². The highest BCUT2D eigenvalue weighted by molar-refractivity contribution is 5.69. The van der Waals surface area contributed by atoms with Gasteiger partial charge in [0.1, 0.15) is 12.2 Å². The number of unbranched alkanes of at least 4 members (excludes halogenated alkanes) is 9. The number of ether oxygens (including phenoxy) is 2. The minimum Gasteiger partial charge on any atom is -0.462 e. The molecule has 0 aromatic rings. The molecule has 2 saturated carbocycles. The molecule has 222 valence electrons. The molecule has 0 heterocycles. The SMILES string of the molecule is CCCCCC(OC(=O)CCCCCCCCC(=O)OC(CCCCC)C1CCCCC1)C1CCCCC1. The lowest BCUT2D eigenvalue weighted by Gasteiger charge is -2.30. The first-order chi connectivity index (χ1) is 18.6. The number of carbonyl (C=O) groups is 2. The summed E-state index contributed by atoms with van der Waals surface area (Å²) in [6.45, 7) is 4.46. The van der Waals surface area contributed by atoms with Crippen molar-refractivity contribution in [1.82, 2.24) is 0 Å². The van der Waals surface area contributed by atoms with E-state index in [0.29, 0.717) is 24.7 Å². The van der Waals surface area contributed by atoms with Gasteiger partial charge in [0, 0.05) is 12.8 Å². The van der Waals surface area contributed by atoms with Gasteiger partial charge in [-0.2, -0.15) is 0 Å². The zero-order valence-electron chi connectivity index (χ0n) is 25.3. The van der Waals surface area contributed by atoms with Crippen LogP contribution in [-0.4, -0.2) is 24.1 Å². The van der Waals surface area contributed by atoms with Gasteiger partial charge in [0.2, 0.25) is 0 Å². The molecule has 2 rings (SSSR count). The molecule has 0 radical (unpaired) electrons. The number of hydrogen-bond donors (Lipinski definition) is 0. The third kappa shape index (κ3) is 14.9. The summed E-state index contributed by atoms with van der Waals surface area (Å²) in [5, 5.41) is 0. The van der Waals surface area contributed by atoms with Gasteiger partial charge in [0.05, 0.1) is 0 Å². The van der Waals surface area contributed by atoms with Gasteiger partial charge in [-0.25, -0.2) is 0 Å². The standard InChI is InChI=1S/C34H62O4/c1-3-5-13-25-31(29-21-15-11-16-22-29)37-33(35)27-19-9-7-8-10-20-28-34(36)38-32(26-14-6-4-2)30-23-17-12-18-24-30/h29-32H,3-28H2,1-2H3. The normalized spacial score (nSPS) is 18.7. The van der Waals surface area contributed by atoms with Crippen LogP contribution in [0, 0.1) is 11.8 Å². The Balaban J connectivity index is 1.54. The topological polar surface area (TPSA) is 52.6 Å². The van der Waals surface area contributed by atoms with Crippen molar-refractivity contribution in [3.8, 4) is 0 Å². The number of hydrogen-bond acceptors (Lipinski definition) is 4. The summed E-state index contributed by atoms with van der Waals surface area (Å²) in [6, 6.07) is 0. The first-order valence-corrected chi connectivity index (χ1v) is 17.0. The quantitative estimate of drug-likeness (QED) is 0.109. The first kappa shape index (κ1) is 33.1. The molecular formula is C34H62O4. The van der Waals surface area contributed by atoms with Crippen LogP contribution in [0.5, 0.6) is 0 Å². The van der Waals surface area contributed by atoms with Crippen molar-refractivity contribution in [2.75, 3.05) is 0 Å². The van der Waals surface area contributed by atoms with Crippen LogP contribution in [-0.2, 0) is 19.1 Å². The summed E-state index contributed by atoms with van der Waals surface area (Å²) in [7, 11) is 0. The molecule has 0 bridgehead atoms. The molecule has 4 nitrogen and oxygen atoms in total. The Bertz CT molecular complexity index is 539. The largest absolute Gasteiger partial charge is 0.462 e. The molecule has 4 heteroatoms. The van der Waals surface area contributed by atoms with E-state index in [0.717, 1.165) is 51.4 Å². The summed E-state index contributed by atoms with van der Waals surface area (Å²) in [6.07, 6.45) is 29.8. The molecule has 2 unspecified atom stereocenters. The van der Waals surface area contributed by atoms with Crippen LogP contribution in [0.25, 0.3) is 0 Å². The fourth-order valence-electron chi connectivity index (χ4n) is 6.69. The van der Waals surface area contributed by atoms with Gasteiger partial charge in [-0.15, -0.1) is 0 Å². The van der Waals surface area contributed by atoms with E-state index in [1.165, 1.54) is 103 Å². The van der Waals surface area contributed by atoms with Crippen LogP contribution >= 0.6 is 0 Å². The van der Waals surface area contributed by atoms with Crippen molar-refractivity contribution in [3.63, 3.8) is 0 Å². The average Bonchev–Trinajstić information content (AvgIpc) is 2.94. The molecule has 0 amide bonds. The molecular weight excluding hydrogens is 472 g/mol. The van der Waals surface area contributed by atoms with E-state index in [2.05, 4.69) is 13.8 Å². The zero-order chi connectivity index (χ0) is 27.3. The van der Waals surface area contributed by atoms with Gasteiger partial charge in [-0.1, -0.05) is 104 Å². The monoisotopic (exact) mass is 534 g/mol. The average molecular weight is 535 g/mol. The molecule has 38 heavy (non-hydrogen) atoms. The third-order valence-electron chi connectivity index (χ3n) is 9.11. The highest BCUT2D eigenvalue weighted by Crippen LogP contribution is 2.32. The Morgan fingerprint density at radius 3 is 1.26 bits per heavy atom. The molecule has 0 aromatic heterocycles. The summed E-state index contributed by atoms with van der Waals surface area (Å²) in [4.78, 5) is 25.1. The second-order valence-corrected chi connectivity index (χ2v) is 12.5. The Morgan fingerprint density at radius 1 is 0.526 bits per heavy atom. The smallest absolute Gasteiger partial charge is 0.306 e. The summed E-state index contributed by atoms with van der Waals surface area (Å²) in [5.74, 6) is 1.22. The first-order valence-electron chi connectivity index (χ1n) is 17.0. The van der Waals surface area contributed by atoms with Crippen LogP contribution < -0.4 is 0 Å². The molecule has 0 N–H and O–H groups in total. The van der Waals surface area contributed by atoms with Gasteiger partial charge >= 0.3 is 11.9 Å². The van der Waals surface area contributed by atoms with Gasteiger partial charge in [0.25, 0.3) is 0 Å². The summed E-state index contributed by atoms with van der Waals surface area (Å²) in [5.41, 5.74) is 0. The Hall–Kier alpha value is -1.06. The fourth-order valence-corrected chi connectivity index (χ4v) is 6.69. The van der Waals surface area contributed by atoms with Crippen molar-refractivity contribution in [3.05, 3.63) is 0 Å². The predicted octanol–water partition coefficient (Wildman–Crippen LogP) is 10.3. The molecule has 0 saturated heterocycles. The van der Waals surface area contributed by atoms with Crippen LogP contribution in [0.1, 0.15) is 181 Å². The maximum Gasteiger partial charge on any atom is 0.306 e. The highest BCUT2D eigenvalue weighted by Gasteiger charge is 2.27. The van der Waals surface area contributed by atoms with Crippen LogP contribution in [0.15, 0.2) is 0 Å². The number of carbonyl (C=O) groups excluding carboxylic acids is 2. The Kier molecular flexibility index (Phi) is 19.0. The lowest BCUT2D eigenvalue weighted by molar-refractivity contribution is -0.154. The third-order valence-corrected chi connectivity index (χ3v) is 9.11. The van der Waals surface area contributed by atoms with Crippen molar-refractivity contribution in [2.45, 2.75) is 193 Å². The van der Waals surface area contributed by atoms with Gasteiger partial charge in [-0.05, 0) is 76.0 Å². The molecule has 0 aromatic carbocycles. The van der Waals surface area contributed by atoms with Crippen molar-refractivity contribution < 1.29 is 19.1 Å². The zero-order valence-corrected chi connectivity index (χ0v) is 25.3. The van der Waals surface area contributed by atoms with E-state index in [1.807, 2.05) is 0 Å². The van der Waals surface area contributed by atoms with E-state index < -0.39 is 0 Å². The van der Waals surface area contributed by atoms with E-state index in [-0.39, 0.29) is 24.1 Å². The van der Waals surface area contributed by atoms with Crippen LogP contribution in [0.3, 0.4) is 0 Å². The molecule has 0 spiro atoms. The van der Waals surface area contributed by atoms with E-state index >= 15 is 0 Å². The van der Waals surface area contributed by atoms with Gasteiger partial charge in [-0.3, -0.25) is 9.59 Å².